The summed E-state index contributed by atoms with van der Waals surface area (Å²) < 4.78 is 0. The van der Waals surface area contributed by atoms with Crippen LogP contribution in [-0.2, 0) is 0 Å². The number of amides is 1. The van der Waals surface area contributed by atoms with Crippen molar-refractivity contribution >= 4 is 28.7 Å². The van der Waals surface area contributed by atoms with E-state index in [1.807, 2.05) is 31.2 Å². The lowest BCUT2D eigenvalue weighted by Crippen LogP contribution is -2.14. The van der Waals surface area contributed by atoms with Crippen molar-refractivity contribution in [1.82, 2.24) is 15.0 Å². The van der Waals surface area contributed by atoms with Crippen LogP contribution in [0, 0.1) is 6.92 Å². The van der Waals surface area contributed by atoms with Gasteiger partial charge in [0.05, 0.1) is 11.0 Å². The van der Waals surface area contributed by atoms with E-state index in [9.17, 15) is 4.79 Å². The largest absolute Gasteiger partial charge is 0.373 e. The molecule has 0 aliphatic carbocycles. The lowest BCUT2D eigenvalue weighted by Gasteiger charge is -2.06. The first-order valence-corrected chi connectivity index (χ1v) is 6.58. The summed E-state index contributed by atoms with van der Waals surface area (Å²) in [6.45, 7) is 1.85. The predicted octanol–water partition coefficient (Wildman–Crippen LogP) is 2.56. The summed E-state index contributed by atoms with van der Waals surface area (Å²) in [4.78, 5) is 23.9. The van der Waals surface area contributed by atoms with Crippen LogP contribution in [0.15, 0.2) is 36.4 Å². The van der Waals surface area contributed by atoms with E-state index in [1.54, 1.807) is 19.2 Å². The molecule has 0 radical (unpaired) electrons. The fraction of sp³-hybridized carbons (Fsp3) is 0.133. The van der Waals surface area contributed by atoms with E-state index < -0.39 is 0 Å². The molecule has 0 unspecified atom stereocenters. The number of nitrogens with zero attached hydrogens (tertiary/aromatic N) is 2. The topological polar surface area (TPSA) is 82.7 Å². The van der Waals surface area contributed by atoms with E-state index in [4.69, 9.17) is 0 Å². The van der Waals surface area contributed by atoms with Crippen LogP contribution < -0.4 is 10.6 Å². The third-order valence-corrected chi connectivity index (χ3v) is 3.09. The summed E-state index contributed by atoms with van der Waals surface area (Å²) in [5.41, 5.74) is 3.01. The van der Waals surface area contributed by atoms with E-state index in [2.05, 4.69) is 25.6 Å². The maximum atomic E-state index is 12.3. The second-order valence-corrected chi connectivity index (χ2v) is 4.69. The number of aromatic amines is 1. The highest BCUT2D eigenvalue weighted by molar-refractivity contribution is 6.04. The van der Waals surface area contributed by atoms with Gasteiger partial charge in [-0.3, -0.25) is 10.1 Å². The smallest absolute Gasteiger partial charge is 0.258 e. The average Bonchev–Trinajstić information content (AvgIpc) is 2.88. The molecule has 1 amide bonds. The fourth-order valence-electron chi connectivity index (χ4n) is 2.12. The summed E-state index contributed by atoms with van der Waals surface area (Å²) in [5, 5.41) is 5.70. The first-order chi connectivity index (χ1) is 10.2. The number of carbonyl (C=O) groups is 1. The molecule has 3 rings (SSSR count). The van der Waals surface area contributed by atoms with Gasteiger partial charge in [-0.05, 0) is 31.2 Å². The Morgan fingerprint density at radius 1 is 1.19 bits per heavy atom. The van der Waals surface area contributed by atoms with Crippen LogP contribution in [0.4, 0.5) is 11.8 Å². The molecule has 6 heteroatoms. The lowest BCUT2D eigenvalue weighted by molar-refractivity contribution is 0.102. The van der Waals surface area contributed by atoms with Crippen LogP contribution in [0.3, 0.4) is 0 Å². The van der Waals surface area contributed by atoms with E-state index in [-0.39, 0.29) is 5.91 Å². The highest BCUT2D eigenvalue weighted by Gasteiger charge is 2.11. The second kappa shape index (κ2) is 5.24. The van der Waals surface area contributed by atoms with Crippen molar-refractivity contribution in [3.63, 3.8) is 0 Å². The highest BCUT2D eigenvalue weighted by Crippen LogP contribution is 2.15. The predicted molar refractivity (Wildman–Crippen MR) is 82.6 cm³/mol. The molecule has 2 heterocycles. The van der Waals surface area contributed by atoms with Gasteiger partial charge in [0.15, 0.2) is 0 Å². The summed E-state index contributed by atoms with van der Waals surface area (Å²) in [6.07, 6.45) is 0. The molecule has 0 saturated carbocycles. The molecule has 3 N–H and O–H groups in total. The number of hydrogen-bond donors (Lipinski definition) is 3. The van der Waals surface area contributed by atoms with Crippen molar-refractivity contribution < 1.29 is 4.79 Å². The van der Waals surface area contributed by atoms with Gasteiger partial charge in [-0.25, -0.2) is 9.97 Å². The molecule has 0 aliphatic rings. The van der Waals surface area contributed by atoms with E-state index >= 15 is 0 Å². The number of pyridine rings is 1. The maximum Gasteiger partial charge on any atom is 0.258 e. The molecule has 1 aromatic carbocycles. The number of carbonyl (C=O) groups excluding carboxylic acids is 1. The van der Waals surface area contributed by atoms with Crippen molar-refractivity contribution in [2.45, 2.75) is 6.92 Å². The summed E-state index contributed by atoms with van der Waals surface area (Å²) in [7, 11) is 1.77. The molecule has 0 saturated heterocycles. The van der Waals surface area contributed by atoms with Gasteiger partial charge in [-0.2, -0.15) is 0 Å². The van der Waals surface area contributed by atoms with Crippen molar-refractivity contribution in [2.75, 3.05) is 17.7 Å². The van der Waals surface area contributed by atoms with Crippen LogP contribution in [0.2, 0.25) is 0 Å². The Kier molecular flexibility index (Phi) is 3.27. The number of fused-ring (bicyclic) bond motifs is 1. The number of imidazole rings is 1. The third kappa shape index (κ3) is 2.69. The van der Waals surface area contributed by atoms with Gasteiger partial charge in [0.1, 0.15) is 5.82 Å². The third-order valence-electron chi connectivity index (χ3n) is 3.09. The Hall–Kier alpha value is -2.89. The van der Waals surface area contributed by atoms with Crippen molar-refractivity contribution in [3.05, 3.63) is 47.7 Å². The molecule has 106 valence electrons. The molecule has 3 aromatic rings. The van der Waals surface area contributed by atoms with E-state index in [0.29, 0.717) is 17.3 Å². The zero-order chi connectivity index (χ0) is 14.8. The number of hydrogen-bond acceptors (Lipinski definition) is 4. The lowest BCUT2D eigenvalue weighted by atomic mass is 10.2. The molecule has 0 bridgehead atoms. The minimum atomic E-state index is -0.226. The Balaban J connectivity index is 1.87. The van der Waals surface area contributed by atoms with Gasteiger partial charge >= 0.3 is 0 Å². The molecule has 0 aliphatic heterocycles. The minimum absolute atomic E-state index is 0.226. The first kappa shape index (κ1) is 13.1. The molecular weight excluding hydrogens is 266 g/mol. The standard InChI is InChI=1S/C15H15N5O/c1-9-7-10(8-13(16-2)17-9)14(21)20-15-18-11-5-3-4-6-12(11)19-15/h3-8H,1-2H3,(H,16,17)(H2,18,19,20,21). The van der Waals surface area contributed by atoms with Crippen LogP contribution in [-0.4, -0.2) is 27.9 Å². The zero-order valence-electron chi connectivity index (χ0n) is 11.8. The van der Waals surface area contributed by atoms with Gasteiger partial charge in [-0.1, -0.05) is 12.1 Å². The monoisotopic (exact) mass is 281 g/mol. The Labute approximate surface area is 121 Å². The molecule has 21 heavy (non-hydrogen) atoms. The quantitative estimate of drug-likeness (QED) is 0.689. The SMILES string of the molecule is CNc1cc(C(=O)Nc2nc3ccccc3[nH]2)cc(C)n1. The number of aromatic nitrogens is 3. The van der Waals surface area contributed by atoms with Crippen LogP contribution in [0.1, 0.15) is 16.1 Å². The van der Waals surface area contributed by atoms with Gasteiger partial charge in [0.25, 0.3) is 5.91 Å². The van der Waals surface area contributed by atoms with Gasteiger partial charge < -0.3 is 10.3 Å². The molecule has 2 aromatic heterocycles. The highest BCUT2D eigenvalue weighted by atomic mass is 16.1. The number of H-pyrrole nitrogens is 1. The number of anilines is 2. The number of aryl methyl sites for hydroxylation is 1. The van der Waals surface area contributed by atoms with Crippen LogP contribution in [0.5, 0.6) is 0 Å². The van der Waals surface area contributed by atoms with Gasteiger partial charge in [0.2, 0.25) is 5.95 Å². The first-order valence-electron chi connectivity index (χ1n) is 6.58. The van der Waals surface area contributed by atoms with Gasteiger partial charge in [0, 0.05) is 18.3 Å². The molecular formula is C15H15N5O. The van der Waals surface area contributed by atoms with Crippen LogP contribution >= 0.6 is 0 Å². The van der Waals surface area contributed by atoms with Gasteiger partial charge in [-0.15, -0.1) is 0 Å². The Morgan fingerprint density at radius 3 is 2.76 bits per heavy atom. The Morgan fingerprint density at radius 2 is 2.00 bits per heavy atom. The number of para-hydroxylation sites is 2. The summed E-state index contributed by atoms with van der Waals surface area (Å²) in [5.74, 6) is 0.863. The molecule has 0 atom stereocenters. The summed E-state index contributed by atoms with van der Waals surface area (Å²) in [6, 6.07) is 11.0. The van der Waals surface area contributed by atoms with E-state index in [1.165, 1.54) is 0 Å². The van der Waals surface area contributed by atoms with E-state index in [0.717, 1.165) is 16.7 Å². The van der Waals surface area contributed by atoms with Crippen molar-refractivity contribution in [3.8, 4) is 0 Å². The van der Waals surface area contributed by atoms with Crippen molar-refractivity contribution in [2.24, 2.45) is 0 Å². The van der Waals surface area contributed by atoms with Crippen molar-refractivity contribution in [1.29, 1.82) is 0 Å². The number of rotatable bonds is 3. The molecule has 0 spiro atoms. The second-order valence-electron chi connectivity index (χ2n) is 4.69. The molecule has 6 nitrogen and oxygen atoms in total. The number of benzene rings is 1. The Bertz CT molecular complexity index is 776. The zero-order valence-corrected chi connectivity index (χ0v) is 11.8. The minimum Gasteiger partial charge on any atom is -0.373 e. The maximum absolute atomic E-state index is 12.3. The van der Waals surface area contributed by atoms with Crippen LogP contribution in [0.25, 0.3) is 11.0 Å². The normalized spacial score (nSPS) is 10.6. The molecule has 0 fully saturated rings. The summed E-state index contributed by atoms with van der Waals surface area (Å²) >= 11 is 0. The average molecular weight is 281 g/mol. The fourth-order valence-corrected chi connectivity index (χ4v) is 2.12. The number of nitrogens with one attached hydrogen (secondary N) is 3.